The molecule has 0 fully saturated rings. The first-order valence-electron chi connectivity index (χ1n) is 4.90. The van der Waals surface area contributed by atoms with Crippen molar-refractivity contribution in [3.63, 3.8) is 0 Å². The Bertz CT molecular complexity index is 331. The van der Waals surface area contributed by atoms with Gasteiger partial charge in [-0.25, -0.2) is 0 Å². The van der Waals surface area contributed by atoms with Gasteiger partial charge in [-0.3, -0.25) is 4.79 Å². The fraction of sp³-hybridized carbons (Fsp3) is 0.300. The quantitative estimate of drug-likeness (QED) is 0.591. The average Bonchev–Trinajstić information content (AvgIpc) is 2.24. The maximum atomic E-state index is 10.7. The topological polar surface area (TPSA) is 61.4 Å². The number of benzene rings is 1. The highest BCUT2D eigenvalue weighted by Crippen LogP contribution is 2.09. The van der Waals surface area contributed by atoms with E-state index >= 15 is 0 Å². The van der Waals surface area contributed by atoms with E-state index < -0.39 is 0 Å². The van der Waals surface area contributed by atoms with Gasteiger partial charge in [-0.05, 0) is 17.7 Å². The second-order valence-electron chi connectivity index (χ2n) is 3.26. The summed E-state index contributed by atoms with van der Waals surface area (Å²) >= 11 is 0. The molecule has 0 saturated carbocycles. The highest BCUT2D eigenvalue weighted by molar-refractivity contribution is 6.57. The summed E-state index contributed by atoms with van der Waals surface area (Å²) in [5.41, 5.74) is 1.99. The first-order chi connectivity index (χ1) is 7.22. The van der Waals surface area contributed by atoms with Crippen LogP contribution in [0.4, 0.5) is 10.5 Å². The summed E-state index contributed by atoms with van der Waals surface area (Å²) in [6, 6.07) is 7.73. The van der Waals surface area contributed by atoms with Gasteiger partial charge in [0.1, 0.15) is 0 Å². The fourth-order valence-electron chi connectivity index (χ4n) is 1.22. The molecule has 1 aromatic rings. The van der Waals surface area contributed by atoms with Crippen LogP contribution in [0.25, 0.3) is 0 Å². The van der Waals surface area contributed by atoms with Crippen molar-refractivity contribution in [1.29, 1.82) is 0 Å². The van der Waals surface area contributed by atoms with Crippen molar-refractivity contribution in [3.8, 4) is 0 Å². The Morgan fingerprint density at radius 3 is 2.93 bits per heavy atom. The molecule has 0 atom stereocenters. The van der Waals surface area contributed by atoms with E-state index in [1.54, 1.807) is 0 Å². The molecule has 0 saturated heterocycles. The fourth-order valence-corrected chi connectivity index (χ4v) is 1.22. The molecule has 0 aliphatic heterocycles. The van der Waals surface area contributed by atoms with E-state index in [4.69, 9.17) is 5.11 Å². The van der Waals surface area contributed by atoms with E-state index in [0.717, 1.165) is 11.3 Å². The minimum Gasteiger partial charge on any atom is -0.395 e. The minimum absolute atomic E-state index is 0.0382. The molecule has 0 bridgehead atoms. The Labute approximate surface area is 90.1 Å². The van der Waals surface area contributed by atoms with E-state index in [9.17, 15) is 4.79 Å². The molecule has 0 unspecified atom stereocenters. The minimum atomic E-state index is -0.0382. The molecule has 3 N–H and O–H groups in total. The lowest BCUT2D eigenvalue weighted by Crippen LogP contribution is -2.20. The molecule has 4 nitrogen and oxygen atoms in total. The van der Waals surface area contributed by atoms with Crippen molar-refractivity contribution >= 4 is 19.3 Å². The van der Waals surface area contributed by atoms with Gasteiger partial charge in [0.15, 0.2) is 5.81 Å². The number of amides is 1. The van der Waals surface area contributed by atoms with Gasteiger partial charge in [-0.15, -0.1) is 0 Å². The molecule has 1 amide bonds. The van der Waals surface area contributed by atoms with Crippen LogP contribution in [-0.4, -0.2) is 31.9 Å². The lowest BCUT2D eigenvalue weighted by Gasteiger charge is -2.07. The molecule has 0 heterocycles. The third-order valence-electron chi connectivity index (χ3n) is 1.91. The number of nitrogens with one attached hydrogen (secondary N) is 2. The van der Waals surface area contributed by atoms with Gasteiger partial charge in [0.25, 0.3) is 0 Å². The van der Waals surface area contributed by atoms with Gasteiger partial charge >= 0.3 is 0 Å². The summed E-state index contributed by atoms with van der Waals surface area (Å²) in [5.74, 6) is -0.0382. The summed E-state index contributed by atoms with van der Waals surface area (Å²) in [7, 11) is 1.49. The van der Waals surface area contributed by atoms with Crippen LogP contribution in [0.15, 0.2) is 24.3 Å². The molecule has 0 spiro atoms. The van der Waals surface area contributed by atoms with E-state index in [1.165, 1.54) is 7.85 Å². The molecule has 0 aromatic heterocycles. The van der Waals surface area contributed by atoms with Crippen molar-refractivity contribution in [1.82, 2.24) is 5.32 Å². The van der Waals surface area contributed by atoms with Crippen LogP contribution in [0.5, 0.6) is 0 Å². The molecule has 5 heteroatoms. The number of carbonyl (C=O) groups is 1. The highest BCUT2D eigenvalue weighted by atomic mass is 16.3. The largest absolute Gasteiger partial charge is 0.395 e. The first kappa shape index (κ1) is 11.6. The number of hydrogen-bond donors (Lipinski definition) is 3. The molecular formula is C10H15BN2O2. The second kappa shape index (κ2) is 6.08. The van der Waals surface area contributed by atoms with E-state index in [0.29, 0.717) is 13.1 Å². The summed E-state index contributed by atoms with van der Waals surface area (Å²) in [6.45, 7) is 1.17. The normalized spacial score (nSPS) is 9.67. The molecule has 1 rings (SSSR count). The summed E-state index contributed by atoms with van der Waals surface area (Å²) in [4.78, 5) is 10.7. The molecule has 1 aromatic carbocycles. The lowest BCUT2D eigenvalue weighted by molar-refractivity contribution is 0.259. The van der Waals surface area contributed by atoms with Crippen LogP contribution in [-0.2, 0) is 6.54 Å². The van der Waals surface area contributed by atoms with Crippen LogP contribution < -0.4 is 10.6 Å². The van der Waals surface area contributed by atoms with Gasteiger partial charge in [-0.1, -0.05) is 12.1 Å². The van der Waals surface area contributed by atoms with Crippen LogP contribution in [0.2, 0.25) is 0 Å². The van der Waals surface area contributed by atoms with Crippen molar-refractivity contribution in [2.45, 2.75) is 6.54 Å². The molecule has 80 valence electrons. The van der Waals surface area contributed by atoms with E-state index in [1.807, 2.05) is 24.3 Å². The Morgan fingerprint density at radius 1 is 1.47 bits per heavy atom. The number of aliphatic hydroxyl groups is 1. The van der Waals surface area contributed by atoms with E-state index in [2.05, 4.69) is 10.6 Å². The van der Waals surface area contributed by atoms with Crippen LogP contribution in [0, 0.1) is 0 Å². The first-order valence-corrected chi connectivity index (χ1v) is 4.90. The number of rotatable bonds is 5. The third-order valence-corrected chi connectivity index (χ3v) is 1.91. The monoisotopic (exact) mass is 206 g/mol. The number of carbonyl (C=O) groups excluding carboxylic acids is 1. The van der Waals surface area contributed by atoms with E-state index in [-0.39, 0.29) is 12.4 Å². The molecule has 0 aliphatic rings. The Kier molecular flexibility index (Phi) is 4.70. The number of aliphatic hydroxyl groups excluding tert-OH is 1. The number of hydrogen-bond acceptors (Lipinski definition) is 3. The van der Waals surface area contributed by atoms with Crippen LogP contribution in [0.3, 0.4) is 0 Å². The molecule has 0 radical (unpaired) electrons. The zero-order valence-electron chi connectivity index (χ0n) is 8.79. The van der Waals surface area contributed by atoms with Crippen molar-refractivity contribution in [2.24, 2.45) is 0 Å². The Hall–Kier alpha value is -1.49. The van der Waals surface area contributed by atoms with Gasteiger partial charge < -0.3 is 15.7 Å². The zero-order valence-corrected chi connectivity index (χ0v) is 8.79. The average molecular weight is 206 g/mol. The Balaban J connectivity index is 2.53. The summed E-state index contributed by atoms with van der Waals surface area (Å²) in [5, 5.41) is 14.4. The third kappa shape index (κ3) is 4.51. The maximum Gasteiger partial charge on any atom is 0.215 e. The zero-order chi connectivity index (χ0) is 11.1. The van der Waals surface area contributed by atoms with Gasteiger partial charge in [0.2, 0.25) is 7.85 Å². The lowest BCUT2D eigenvalue weighted by atomic mass is 10.1. The smallest absolute Gasteiger partial charge is 0.215 e. The van der Waals surface area contributed by atoms with Crippen molar-refractivity contribution in [2.75, 3.05) is 18.5 Å². The van der Waals surface area contributed by atoms with Crippen molar-refractivity contribution < 1.29 is 9.90 Å². The number of anilines is 1. The standard InChI is InChI=1S/C10H15BN2O2/c11-10(15)13-7-8-2-1-3-9(6-8)12-4-5-14/h1-3,6,12,14H,4-5,7,11H2,(H,13,15). The van der Waals surface area contributed by atoms with Crippen LogP contribution in [0.1, 0.15) is 5.56 Å². The summed E-state index contributed by atoms with van der Waals surface area (Å²) < 4.78 is 0. The van der Waals surface area contributed by atoms with Gasteiger partial charge in [0, 0.05) is 18.8 Å². The van der Waals surface area contributed by atoms with Crippen molar-refractivity contribution in [3.05, 3.63) is 29.8 Å². The predicted octanol–water partition coefficient (Wildman–Crippen LogP) is -0.0665. The van der Waals surface area contributed by atoms with Gasteiger partial charge in [-0.2, -0.15) is 0 Å². The molecular weight excluding hydrogens is 191 g/mol. The second-order valence-corrected chi connectivity index (χ2v) is 3.26. The predicted molar refractivity (Wildman–Crippen MR) is 62.8 cm³/mol. The highest BCUT2D eigenvalue weighted by Gasteiger charge is 1.96. The molecule has 0 aliphatic carbocycles. The Morgan fingerprint density at radius 2 is 2.27 bits per heavy atom. The molecule has 15 heavy (non-hydrogen) atoms. The SMILES string of the molecule is BC(=O)NCc1cccc(NCCO)c1. The van der Waals surface area contributed by atoms with Gasteiger partial charge in [0.05, 0.1) is 6.61 Å². The maximum absolute atomic E-state index is 10.7. The van der Waals surface area contributed by atoms with Crippen LogP contribution >= 0.6 is 0 Å². The summed E-state index contributed by atoms with van der Waals surface area (Å²) in [6.07, 6.45) is 0.